The van der Waals surface area contributed by atoms with Crippen LogP contribution in [0.25, 0.3) is 0 Å². The number of fused-ring (bicyclic) bond motifs is 1. The second kappa shape index (κ2) is 2.29. The van der Waals surface area contributed by atoms with E-state index in [2.05, 4.69) is 9.97 Å². The highest BCUT2D eigenvalue weighted by atomic mass is 14.9. The fraction of sp³-hybridized carbons (Fsp3) is 0.600. The number of nitrogens with zero attached hydrogens (tertiary/aromatic N) is 2. The average molecular weight is 175 g/mol. The van der Waals surface area contributed by atoms with Crippen LogP contribution in [0.15, 0.2) is 6.20 Å². The van der Waals surface area contributed by atoms with Gasteiger partial charge in [-0.15, -0.1) is 0 Å². The van der Waals surface area contributed by atoms with Gasteiger partial charge in [-0.05, 0) is 32.1 Å². The third-order valence-corrected chi connectivity index (χ3v) is 3.06. The summed E-state index contributed by atoms with van der Waals surface area (Å²) in [6, 6.07) is 0. The molecule has 1 fully saturated rings. The Morgan fingerprint density at radius 1 is 1.23 bits per heavy atom. The van der Waals surface area contributed by atoms with Crippen molar-refractivity contribution in [2.24, 2.45) is 5.73 Å². The van der Waals surface area contributed by atoms with Crippen molar-refractivity contribution in [2.75, 3.05) is 0 Å². The first-order chi connectivity index (χ1) is 6.28. The van der Waals surface area contributed by atoms with Crippen LogP contribution < -0.4 is 5.73 Å². The average Bonchev–Trinajstić information content (AvgIpc) is 2.74. The van der Waals surface area contributed by atoms with Crippen molar-refractivity contribution < 1.29 is 0 Å². The highest BCUT2D eigenvalue weighted by Crippen LogP contribution is 2.41. The molecule has 13 heavy (non-hydrogen) atoms. The van der Waals surface area contributed by atoms with Crippen LogP contribution >= 0.6 is 0 Å². The van der Waals surface area contributed by atoms with E-state index in [1.807, 2.05) is 6.20 Å². The number of hydrogen-bond acceptors (Lipinski definition) is 3. The molecule has 1 aromatic rings. The second-order valence-electron chi connectivity index (χ2n) is 4.16. The summed E-state index contributed by atoms with van der Waals surface area (Å²) in [7, 11) is 0. The molecule has 0 unspecified atom stereocenters. The topological polar surface area (TPSA) is 51.8 Å². The first-order valence-electron chi connectivity index (χ1n) is 4.92. The number of nitrogens with two attached hydrogens (primary N) is 1. The smallest absolute Gasteiger partial charge is 0.0788 e. The third-order valence-electron chi connectivity index (χ3n) is 3.06. The molecular weight excluding hydrogens is 162 g/mol. The fourth-order valence-corrected chi connectivity index (χ4v) is 1.92. The molecule has 0 bridgehead atoms. The minimum absolute atomic E-state index is 0.120. The fourth-order valence-electron chi connectivity index (χ4n) is 1.92. The summed E-state index contributed by atoms with van der Waals surface area (Å²) < 4.78 is 0. The van der Waals surface area contributed by atoms with Gasteiger partial charge in [0, 0.05) is 0 Å². The Morgan fingerprint density at radius 3 is 2.77 bits per heavy atom. The minimum atomic E-state index is -0.120. The number of aryl methyl sites for hydroxylation is 2. The van der Waals surface area contributed by atoms with E-state index in [4.69, 9.17) is 5.73 Å². The molecule has 1 heterocycles. The van der Waals surface area contributed by atoms with Crippen LogP contribution in [0.3, 0.4) is 0 Å². The van der Waals surface area contributed by atoms with Crippen molar-refractivity contribution in [3.8, 4) is 0 Å². The molecule has 2 aliphatic carbocycles. The van der Waals surface area contributed by atoms with Crippen LogP contribution in [0.4, 0.5) is 0 Å². The Hall–Kier alpha value is -0.960. The molecule has 1 aromatic heterocycles. The zero-order chi connectivity index (χ0) is 8.89. The maximum absolute atomic E-state index is 6.06. The quantitative estimate of drug-likeness (QED) is 0.690. The van der Waals surface area contributed by atoms with Crippen molar-refractivity contribution in [2.45, 2.75) is 37.6 Å². The van der Waals surface area contributed by atoms with Gasteiger partial charge in [-0.3, -0.25) is 9.97 Å². The van der Waals surface area contributed by atoms with Gasteiger partial charge in [-0.2, -0.15) is 0 Å². The van der Waals surface area contributed by atoms with E-state index >= 15 is 0 Å². The minimum Gasteiger partial charge on any atom is -0.320 e. The summed E-state index contributed by atoms with van der Waals surface area (Å²) in [6.07, 6.45) is 7.40. The maximum atomic E-state index is 6.06. The standard InChI is InChI=1S/C10H13N3/c11-10(4-5-10)9-6-12-7-2-1-3-8(7)13-9/h6H,1-5,11H2. The molecule has 0 atom stereocenters. The zero-order valence-electron chi connectivity index (χ0n) is 7.58. The first-order valence-corrected chi connectivity index (χ1v) is 4.92. The Labute approximate surface area is 77.4 Å². The molecule has 3 heteroatoms. The predicted molar refractivity (Wildman–Crippen MR) is 49.2 cm³/mol. The largest absolute Gasteiger partial charge is 0.320 e. The molecule has 0 amide bonds. The monoisotopic (exact) mass is 175 g/mol. The summed E-state index contributed by atoms with van der Waals surface area (Å²) in [5.41, 5.74) is 9.32. The lowest BCUT2D eigenvalue weighted by Crippen LogP contribution is -2.21. The van der Waals surface area contributed by atoms with Crippen LogP contribution in [0.2, 0.25) is 0 Å². The number of rotatable bonds is 1. The Balaban J connectivity index is 2.05. The highest BCUT2D eigenvalue weighted by Gasteiger charge is 2.42. The van der Waals surface area contributed by atoms with Gasteiger partial charge in [0.15, 0.2) is 0 Å². The van der Waals surface area contributed by atoms with Gasteiger partial charge in [0.05, 0.1) is 28.8 Å². The third kappa shape index (κ3) is 1.07. The summed E-state index contributed by atoms with van der Waals surface area (Å²) in [6.45, 7) is 0. The summed E-state index contributed by atoms with van der Waals surface area (Å²) in [5, 5.41) is 0. The van der Waals surface area contributed by atoms with E-state index < -0.39 is 0 Å². The molecule has 0 radical (unpaired) electrons. The molecule has 3 rings (SSSR count). The van der Waals surface area contributed by atoms with Gasteiger partial charge in [-0.25, -0.2) is 0 Å². The Bertz CT molecular complexity index is 355. The van der Waals surface area contributed by atoms with E-state index in [1.165, 1.54) is 17.8 Å². The molecule has 0 spiro atoms. The summed E-state index contributed by atoms with van der Waals surface area (Å²) in [4.78, 5) is 9.02. The normalized spacial score (nSPS) is 22.8. The number of aromatic nitrogens is 2. The van der Waals surface area contributed by atoms with E-state index in [-0.39, 0.29) is 5.54 Å². The summed E-state index contributed by atoms with van der Waals surface area (Å²) >= 11 is 0. The second-order valence-corrected chi connectivity index (χ2v) is 4.16. The molecule has 2 aliphatic rings. The van der Waals surface area contributed by atoms with Crippen LogP contribution in [0.1, 0.15) is 36.3 Å². The van der Waals surface area contributed by atoms with Gasteiger partial charge >= 0.3 is 0 Å². The predicted octanol–water partition coefficient (Wildman–Crippen LogP) is 0.913. The van der Waals surface area contributed by atoms with Crippen molar-refractivity contribution in [3.63, 3.8) is 0 Å². The Morgan fingerprint density at radius 2 is 2.00 bits per heavy atom. The van der Waals surface area contributed by atoms with Gasteiger partial charge < -0.3 is 5.73 Å². The molecular formula is C10H13N3. The van der Waals surface area contributed by atoms with E-state index in [1.54, 1.807) is 0 Å². The number of hydrogen-bond donors (Lipinski definition) is 1. The van der Waals surface area contributed by atoms with Crippen molar-refractivity contribution in [1.82, 2.24) is 9.97 Å². The highest BCUT2D eigenvalue weighted by molar-refractivity contribution is 5.25. The molecule has 0 aliphatic heterocycles. The van der Waals surface area contributed by atoms with Crippen LogP contribution in [-0.2, 0) is 18.4 Å². The van der Waals surface area contributed by atoms with Gasteiger partial charge in [0.2, 0.25) is 0 Å². The Kier molecular flexibility index (Phi) is 1.31. The lowest BCUT2D eigenvalue weighted by atomic mass is 10.2. The lowest BCUT2D eigenvalue weighted by molar-refractivity contribution is 0.693. The van der Waals surface area contributed by atoms with Gasteiger partial charge in [0.25, 0.3) is 0 Å². The summed E-state index contributed by atoms with van der Waals surface area (Å²) in [5.74, 6) is 0. The molecule has 3 nitrogen and oxygen atoms in total. The first kappa shape index (κ1) is 7.44. The molecule has 0 saturated heterocycles. The van der Waals surface area contributed by atoms with E-state index in [9.17, 15) is 0 Å². The SMILES string of the molecule is NC1(c2cnc3c(n2)CCC3)CC1. The van der Waals surface area contributed by atoms with Crippen molar-refractivity contribution in [1.29, 1.82) is 0 Å². The molecule has 1 saturated carbocycles. The van der Waals surface area contributed by atoms with Gasteiger partial charge in [0.1, 0.15) is 0 Å². The van der Waals surface area contributed by atoms with Crippen LogP contribution in [-0.4, -0.2) is 9.97 Å². The van der Waals surface area contributed by atoms with E-state index in [0.717, 1.165) is 31.4 Å². The van der Waals surface area contributed by atoms with Crippen LogP contribution in [0.5, 0.6) is 0 Å². The molecule has 2 N–H and O–H groups in total. The van der Waals surface area contributed by atoms with Crippen LogP contribution in [0, 0.1) is 0 Å². The molecule has 0 aromatic carbocycles. The maximum Gasteiger partial charge on any atom is 0.0788 e. The van der Waals surface area contributed by atoms with E-state index in [0.29, 0.717) is 0 Å². The van der Waals surface area contributed by atoms with Gasteiger partial charge in [-0.1, -0.05) is 0 Å². The molecule has 68 valence electrons. The van der Waals surface area contributed by atoms with Crippen molar-refractivity contribution in [3.05, 3.63) is 23.3 Å². The lowest BCUT2D eigenvalue weighted by Gasteiger charge is -2.08. The van der Waals surface area contributed by atoms with Crippen molar-refractivity contribution >= 4 is 0 Å². The zero-order valence-corrected chi connectivity index (χ0v) is 7.58.